The van der Waals surface area contributed by atoms with Gasteiger partial charge in [0.15, 0.2) is 0 Å². The van der Waals surface area contributed by atoms with E-state index in [2.05, 4.69) is 15.3 Å². The molecular weight excluding hydrogens is 419 g/mol. The van der Waals surface area contributed by atoms with Gasteiger partial charge in [-0.25, -0.2) is 22.8 Å². The number of pyridine rings is 2. The number of methoxy groups -OCH3 is 1. The highest BCUT2D eigenvalue weighted by molar-refractivity contribution is 7.89. The molecule has 31 heavy (non-hydrogen) atoms. The summed E-state index contributed by atoms with van der Waals surface area (Å²) in [6.45, 7) is 2.25. The number of benzene rings is 1. The van der Waals surface area contributed by atoms with Crippen molar-refractivity contribution >= 4 is 21.7 Å². The van der Waals surface area contributed by atoms with E-state index in [1.807, 2.05) is 19.1 Å². The molecule has 3 heterocycles. The SMILES string of the molecule is COc1ccc(S(=O)(=O)N2CCC[C@H]2c2cccc(Nc3ccc(F)cn3)n2)cc1C. The minimum atomic E-state index is -3.70. The summed E-state index contributed by atoms with van der Waals surface area (Å²) in [5.74, 6) is 1.19. The maximum atomic E-state index is 13.4. The molecule has 0 unspecified atom stereocenters. The van der Waals surface area contributed by atoms with Crippen LogP contribution in [0.25, 0.3) is 0 Å². The van der Waals surface area contributed by atoms with Crippen LogP contribution in [0.15, 0.2) is 59.6 Å². The third kappa shape index (κ3) is 4.38. The van der Waals surface area contributed by atoms with E-state index in [0.29, 0.717) is 36.0 Å². The third-order valence-electron chi connectivity index (χ3n) is 5.27. The Kier molecular flexibility index (Phi) is 5.88. The maximum Gasteiger partial charge on any atom is 0.243 e. The summed E-state index contributed by atoms with van der Waals surface area (Å²) in [6, 6.07) is 12.7. The molecule has 0 saturated carbocycles. The molecule has 3 aromatic rings. The largest absolute Gasteiger partial charge is 0.496 e. The molecule has 9 heteroatoms. The zero-order chi connectivity index (χ0) is 22.0. The van der Waals surface area contributed by atoms with Crippen molar-refractivity contribution in [2.75, 3.05) is 19.0 Å². The van der Waals surface area contributed by atoms with E-state index in [1.165, 1.54) is 16.4 Å². The number of aryl methyl sites for hydroxylation is 1. The van der Waals surface area contributed by atoms with Gasteiger partial charge in [-0.15, -0.1) is 0 Å². The molecular formula is C22H23FN4O3S. The summed E-state index contributed by atoms with van der Waals surface area (Å²) >= 11 is 0. The van der Waals surface area contributed by atoms with Crippen LogP contribution in [0, 0.1) is 12.7 Å². The number of rotatable bonds is 6. The standard InChI is InChI=1S/C22H23FN4O3S/c1-15-13-17(9-10-20(15)30-2)31(28,29)27-12-4-6-19(27)18-5-3-7-22(25-18)26-21-11-8-16(23)14-24-21/h3,5,7-11,13-14,19H,4,6,12H2,1-2H3,(H,24,25,26)/t19-/m0/s1. The van der Waals surface area contributed by atoms with E-state index in [4.69, 9.17) is 4.74 Å². The second-order valence-electron chi connectivity index (χ2n) is 7.34. The van der Waals surface area contributed by atoms with E-state index in [1.54, 1.807) is 31.4 Å². The van der Waals surface area contributed by atoms with Crippen molar-refractivity contribution in [3.63, 3.8) is 0 Å². The molecule has 0 radical (unpaired) electrons. The molecule has 0 amide bonds. The number of aromatic nitrogens is 2. The summed E-state index contributed by atoms with van der Waals surface area (Å²) in [4.78, 5) is 8.82. The first-order chi connectivity index (χ1) is 14.9. The Labute approximate surface area is 181 Å². The molecule has 1 fully saturated rings. The van der Waals surface area contributed by atoms with Gasteiger partial charge in [0, 0.05) is 6.54 Å². The highest BCUT2D eigenvalue weighted by atomic mass is 32.2. The Morgan fingerprint density at radius 1 is 1.16 bits per heavy atom. The molecule has 4 rings (SSSR count). The quantitative estimate of drug-likeness (QED) is 0.616. The fraction of sp³-hybridized carbons (Fsp3) is 0.273. The Morgan fingerprint density at radius 2 is 2.00 bits per heavy atom. The van der Waals surface area contributed by atoms with Crippen LogP contribution in [0.4, 0.5) is 16.0 Å². The molecule has 0 bridgehead atoms. The van der Waals surface area contributed by atoms with Gasteiger partial charge >= 0.3 is 0 Å². The average Bonchev–Trinajstić information content (AvgIpc) is 3.26. The summed E-state index contributed by atoms with van der Waals surface area (Å²) < 4.78 is 46.6. The number of ether oxygens (including phenoxy) is 1. The topological polar surface area (TPSA) is 84.4 Å². The van der Waals surface area contributed by atoms with E-state index < -0.39 is 15.8 Å². The van der Waals surface area contributed by atoms with Crippen LogP contribution in [0.5, 0.6) is 5.75 Å². The first-order valence-corrected chi connectivity index (χ1v) is 11.3. The number of nitrogens with one attached hydrogen (secondary N) is 1. The van der Waals surface area contributed by atoms with Gasteiger partial charge in [0.1, 0.15) is 23.2 Å². The van der Waals surface area contributed by atoms with Crippen molar-refractivity contribution in [3.05, 3.63) is 71.8 Å². The number of sulfonamides is 1. The van der Waals surface area contributed by atoms with Gasteiger partial charge in [0.05, 0.1) is 29.9 Å². The molecule has 1 saturated heterocycles. The Hall–Kier alpha value is -3.04. The van der Waals surface area contributed by atoms with Crippen molar-refractivity contribution in [2.45, 2.75) is 30.7 Å². The zero-order valence-electron chi connectivity index (χ0n) is 17.2. The molecule has 7 nitrogen and oxygen atoms in total. The number of hydrogen-bond acceptors (Lipinski definition) is 6. The second-order valence-corrected chi connectivity index (χ2v) is 9.23. The van der Waals surface area contributed by atoms with E-state index in [0.717, 1.165) is 18.2 Å². The van der Waals surface area contributed by atoms with Crippen molar-refractivity contribution in [1.82, 2.24) is 14.3 Å². The van der Waals surface area contributed by atoms with Crippen LogP contribution in [0.3, 0.4) is 0 Å². The van der Waals surface area contributed by atoms with Crippen molar-refractivity contribution in [3.8, 4) is 5.75 Å². The summed E-state index contributed by atoms with van der Waals surface area (Å²) in [6.07, 6.45) is 2.55. The van der Waals surface area contributed by atoms with Gasteiger partial charge in [0.25, 0.3) is 0 Å². The lowest BCUT2D eigenvalue weighted by molar-refractivity contribution is 0.390. The van der Waals surface area contributed by atoms with Gasteiger partial charge in [-0.2, -0.15) is 4.31 Å². The first-order valence-electron chi connectivity index (χ1n) is 9.90. The number of halogens is 1. The normalized spacial score (nSPS) is 16.9. The molecule has 1 aliphatic rings. The Bertz CT molecular complexity index is 1190. The van der Waals surface area contributed by atoms with Crippen molar-refractivity contribution in [2.24, 2.45) is 0 Å². The highest BCUT2D eigenvalue weighted by Crippen LogP contribution is 2.37. The predicted octanol–water partition coefficient (Wildman–Crippen LogP) is 4.20. The smallest absolute Gasteiger partial charge is 0.243 e. The average molecular weight is 443 g/mol. The predicted molar refractivity (Wildman–Crippen MR) is 115 cm³/mol. The van der Waals surface area contributed by atoms with Gasteiger partial charge in [0.2, 0.25) is 10.0 Å². The van der Waals surface area contributed by atoms with Crippen LogP contribution >= 0.6 is 0 Å². The molecule has 1 N–H and O–H groups in total. The maximum absolute atomic E-state index is 13.4. The van der Waals surface area contributed by atoms with Gasteiger partial charge in [-0.3, -0.25) is 0 Å². The van der Waals surface area contributed by atoms with Crippen molar-refractivity contribution < 1.29 is 17.5 Å². The monoisotopic (exact) mass is 442 g/mol. The van der Waals surface area contributed by atoms with E-state index in [9.17, 15) is 12.8 Å². The van der Waals surface area contributed by atoms with E-state index >= 15 is 0 Å². The number of nitrogens with zero attached hydrogens (tertiary/aromatic N) is 3. The van der Waals surface area contributed by atoms with Crippen LogP contribution in [-0.2, 0) is 10.0 Å². The minimum Gasteiger partial charge on any atom is -0.496 e. The highest BCUT2D eigenvalue weighted by Gasteiger charge is 2.37. The van der Waals surface area contributed by atoms with Crippen molar-refractivity contribution in [1.29, 1.82) is 0 Å². The van der Waals surface area contributed by atoms with Crippen LogP contribution < -0.4 is 10.1 Å². The molecule has 0 spiro atoms. The molecule has 1 aromatic carbocycles. The Balaban J connectivity index is 1.61. The molecule has 2 aromatic heterocycles. The number of anilines is 2. The van der Waals surface area contributed by atoms with Gasteiger partial charge in [-0.05, 0) is 67.8 Å². The molecule has 162 valence electrons. The lowest BCUT2D eigenvalue weighted by Crippen LogP contribution is -2.31. The minimum absolute atomic E-state index is 0.238. The molecule has 1 atom stereocenters. The number of hydrogen-bond donors (Lipinski definition) is 1. The Morgan fingerprint density at radius 3 is 2.71 bits per heavy atom. The summed E-state index contributed by atoms with van der Waals surface area (Å²) in [5.41, 5.74) is 1.41. The summed E-state index contributed by atoms with van der Waals surface area (Å²) in [5, 5.41) is 3.03. The summed E-state index contributed by atoms with van der Waals surface area (Å²) in [7, 11) is -2.14. The second kappa shape index (κ2) is 8.60. The third-order valence-corrected chi connectivity index (χ3v) is 7.18. The van der Waals surface area contributed by atoms with E-state index in [-0.39, 0.29) is 10.9 Å². The lowest BCUT2D eigenvalue weighted by Gasteiger charge is -2.24. The van der Waals surface area contributed by atoms with Crippen LogP contribution in [0.1, 0.15) is 30.1 Å². The molecule has 1 aliphatic heterocycles. The lowest BCUT2D eigenvalue weighted by atomic mass is 10.1. The van der Waals surface area contributed by atoms with Gasteiger partial charge < -0.3 is 10.1 Å². The fourth-order valence-electron chi connectivity index (χ4n) is 3.76. The first kappa shape index (κ1) is 21.2. The van der Waals surface area contributed by atoms with Crippen LogP contribution in [0.2, 0.25) is 0 Å². The fourth-order valence-corrected chi connectivity index (χ4v) is 5.51. The zero-order valence-corrected chi connectivity index (χ0v) is 18.1. The molecule has 0 aliphatic carbocycles. The van der Waals surface area contributed by atoms with Crippen LogP contribution in [-0.4, -0.2) is 36.3 Å². The van der Waals surface area contributed by atoms with Gasteiger partial charge in [-0.1, -0.05) is 6.07 Å².